The number of hydrogen-bond acceptors (Lipinski definition) is 6. The molecule has 2 aromatic rings. The van der Waals surface area contributed by atoms with Crippen LogP contribution in [0, 0.1) is 6.92 Å². The Kier molecular flexibility index (Phi) is 6.16. The van der Waals surface area contributed by atoms with Crippen molar-refractivity contribution in [1.29, 1.82) is 0 Å². The molecule has 0 aliphatic rings. The van der Waals surface area contributed by atoms with Crippen molar-refractivity contribution >= 4 is 22.4 Å². The minimum atomic E-state index is -0.290. The number of likely N-dealkylation sites (N-methyl/N-ethyl adjacent to an activating group) is 1. The molecule has 24 heavy (non-hydrogen) atoms. The summed E-state index contributed by atoms with van der Waals surface area (Å²) in [4.78, 5) is 18.4. The second kappa shape index (κ2) is 8.12. The van der Waals surface area contributed by atoms with Gasteiger partial charge in [-0.25, -0.2) is 4.98 Å². The Morgan fingerprint density at radius 2 is 2.00 bits per heavy atom. The molecular formula is C17H23N3O3S. The molecule has 1 aromatic carbocycles. The zero-order chi connectivity index (χ0) is 17.7. The second-order valence-corrected chi connectivity index (χ2v) is 6.45. The number of carbonyl (C=O) groups is 1. The first kappa shape index (κ1) is 18.2. The quantitative estimate of drug-likeness (QED) is 0.833. The fourth-order valence-electron chi connectivity index (χ4n) is 2.29. The molecular weight excluding hydrogens is 326 g/mol. The number of aromatic nitrogens is 1. The Labute approximate surface area is 146 Å². The smallest absolute Gasteiger partial charge is 0.243 e. The predicted octanol–water partition coefficient (Wildman–Crippen LogP) is 2.93. The third-order valence-electron chi connectivity index (χ3n) is 3.96. The number of carbonyl (C=O) groups excluding carboxylic acids is 1. The molecule has 130 valence electrons. The average Bonchev–Trinajstić information content (AvgIpc) is 3.08. The van der Waals surface area contributed by atoms with Crippen molar-refractivity contribution in [1.82, 2.24) is 9.88 Å². The largest absolute Gasteiger partial charge is 0.493 e. The van der Waals surface area contributed by atoms with Gasteiger partial charge in [-0.15, -0.1) is 11.3 Å². The van der Waals surface area contributed by atoms with Crippen molar-refractivity contribution in [3.63, 3.8) is 0 Å². The van der Waals surface area contributed by atoms with Gasteiger partial charge in [-0.05, 0) is 44.2 Å². The van der Waals surface area contributed by atoms with Crippen LogP contribution < -0.4 is 14.8 Å². The lowest BCUT2D eigenvalue weighted by molar-refractivity contribution is -0.120. The van der Waals surface area contributed by atoms with E-state index in [0.29, 0.717) is 23.2 Å². The van der Waals surface area contributed by atoms with Crippen LogP contribution in [-0.2, 0) is 11.3 Å². The molecule has 1 aromatic heterocycles. The highest BCUT2D eigenvalue weighted by molar-refractivity contribution is 7.13. The fourth-order valence-corrected chi connectivity index (χ4v) is 2.83. The number of benzene rings is 1. The summed E-state index contributed by atoms with van der Waals surface area (Å²) in [6, 6.07) is 3.61. The van der Waals surface area contributed by atoms with Crippen molar-refractivity contribution in [2.75, 3.05) is 26.6 Å². The van der Waals surface area contributed by atoms with Crippen molar-refractivity contribution in [3.8, 4) is 11.5 Å². The van der Waals surface area contributed by atoms with Crippen molar-refractivity contribution in [2.24, 2.45) is 0 Å². The number of nitrogens with one attached hydrogen (secondary N) is 1. The summed E-state index contributed by atoms with van der Waals surface area (Å²) in [6.07, 6.45) is 1.67. The molecule has 0 bridgehead atoms. The third kappa shape index (κ3) is 4.24. The van der Waals surface area contributed by atoms with Crippen molar-refractivity contribution in [3.05, 3.63) is 34.8 Å². The minimum absolute atomic E-state index is 0.0782. The fraction of sp³-hybridized carbons (Fsp3) is 0.412. The average molecular weight is 349 g/mol. The van der Waals surface area contributed by atoms with Crippen LogP contribution in [0.15, 0.2) is 23.7 Å². The Bertz CT molecular complexity index is 689. The first-order valence-corrected chi connectivity index (χ1v) is 8.46. The van der Waals surface area contributed by atoms with E-state index in [1.54, 1.807) is 20.4 Å². The van der Waals surface area contributed by atoms with E-state index in [-0.39, 0.29) is 11.9 Å². The molecule has 1 N–H and O–H groups in total. The molecule has 1 amide bonds. The summed E-state index contributed by atoms with van der Waals surface area (Å²) in [5.41, 5.74) is 2.18. The van der Waals surface area contributed by atoms with Gasteiger partial charge in [-0.3, -0.25) is 9.69 Å². The van der Waals surface area contributed by atoms with Crippen LogP contribution in [0.1, 0.15) is 18.1 Å². The van der Waals surface area contributed by atoms with Crippen LogP contribution in [0.4, 0.5) is 5.13 Å². The summed E-state index contributed by atoms with van der Waals surface area (Å²) < 4.78 is 10.7. The number of rotatable bonds is 7. The van der Waals surface area contributed by atoms with Gasteiger partial charge in [0.15, 0.2) is 16.6 Å². The van der Waals surface area contributed by atoms with E-state index in [1.165, 1.54) is 11.3 Å². The van der Waals surface area contributed by atoms with Crippen LogP contribution in [-0.4, -0.2) is 43.1 Å². The SMILES string of the molecule is COc1cc(C)c(CN(C)[C@@H](C)C(=O)Nc2nccs2)cc1OC. The van der Waals surface area contributed by atoms with Crippen molar-refractivity contribution < 1.29 is 14.3 Å². The Hall–Kier alpha value is -2.12. The van der Waals surface area contributed by atoms with Gasteiger partial charge < -0.3 is 14.8 Å². The van der Waals surface area contributed by atoms with Crippen LogP contribution in [0.5, 0.6) is 11.5 Å². The predicted molar refractivity (Wildman–Crippen MR) is 96.0 cm³/mol. The molecule has 0 saturated heterocycles. The van der Waals surface area contributed by atoms with Crippen LogP contribution >= 0.6 is 11.3 Å². The summed E-state index contributed by atoms with van der Waals surface area (Å²) in [7, 11) is 5.15. The van der Waals surface area contributed by atoms with E-state index in [1.807, 2.05) is 43.3 Å². The zero-order valence-corrected chi connectivity index (χ0v) is 15.4. The van der Waals surface area contributed by atoms with Gasteiger partial charge in [0.25, 0.3) is 0 Å². The highest BCUT2D eigenvalue weighted by atomic mass is 32.1. The van der Waals surface area contributed by atoms with Gasteiger partial charge >= 0.3 is 0 Å². The lowest BCUT2D eigenvalue weighted by Gasteiger charge is -2.24. The number of thiazole rings is 1. The number of nitrogens with zero attached hydrogens (tertiary/aromatic N) is 2. The van der Waals surface area contributed by atoms with E-state index >= 15 is 0 Å². The first-order valence-electron chi connectivity index (χ1n) is 7.58. The van der Waals surface area contributed by atoms with E-state index in [4.69, 9.17) is 9.47 Å². The topological polar surface area (TPSA) is 63.7 Å². The highest BCUT2D eigenvalue weighted by Crippen LogP contribution is 2.30. The molecule has 0 unspecified atom stereocenters. The number of methoxy groups -OCH3 is 2. The molecule has 1 atom stereocenters. The molecule has 7 heteroatoms. The van der Waals surface area contributed by atoms with E-state index in [0.717, 1.165) is 11.1 Å². The Morgan fingerprint density at radius 1 is 1.33 bits per heavy atom. The highest BCUT2D eigenvalue weighted by Gasteiger charge is 2.20. The number of anilines is 1. The number of ether oxygens (including phenoxy) is 2. The summed E-state index contributed by atoms with van der Waals surface area (Å²) in [5.74, 6) is 1.31. The molecule has 0 spiro atoms. The monoisotopic (exact) mass is 349 g/mol. The van der Waals surface area contributed by atoms with Gasteiger partial charge in [0.1, 0.15) is 0 Å². The molecule has 0 radical (unpaired) electrons. The molecule has 6 nitrogen and oxygen atoms in total. The van der Waals surface area contributed by atoms with Gasteiger partial charge in [-0.2, -0.15) is 0 Å². The molecule has 0 fully saturated rings. The van der Waals surface area contributed by atoms with E-state index < -0.39 is 0 Å². The maximum Gasteiger partial charge on any atom is 0.243 e. The summed E-state index contributed by atoms with van der Waals surface area (Å²) >= 11 is 1.40. The van der Waals surface area contributed by atoms with Crippen LogP contribution in [0.25, 0.3) is 0 Å². The summed E-state index contributed by atoms with van der Waals surface area (Å²) in [6.45, 7) is 4.52. The van der Waals surface area contributed by atoms with Crippen LogP contribution in [0.2, 0.25) is 0 Å². The maximum atomic E-state index is 12.3. The standard InChI is InChI=1S/C17H23N3O3S/c1-11-8-14(22-4)15(23-5)9-13(11)10-20(3)12(2)16(21)19-17-18-6-7-24-17/h6-9,12H,10H2,1-5H3,(H,18,19,21)/t12-/m0/s1. The Morgan fingerprint density at radius 3 is 2.58 bits per heavy atom. The van der Waals surface area contributed by atoms with E-state index in [2.05, 4.69) is 10.3 Å². The van der Waals surface area contributed by atoms with Gasteiger partial charge in [0, 0.05) is 18.1 Å². The molecule has 0 aliphatic heterocycles. The number of amides is 1. The van der Waals surface area contributed by atoms with Crippen molar-refractivity contribution in [2.45, 2.75) is 26.4 Å². The normalized spacial score (nSPS) is 12.1. The number of hydrogen-bond donors (Lipinski definition) is 1. The van der Waals surface area contributed by atoms with Gasteiger partial charge in [0.05, 0.1) is 20.3 Å². The van der Waals surface area contributed by atoms with Gasteiger partial charge in [-0.1, -0.05) is 0 Å². The number of aryl methyl sites for hydroxylation is 1. The lowest BCUT2D eigenvalue weighted by atomic mass is 10.1. The molecule has 0 aliphatic carbocycles. The second-order valence-electron chi connectivity index (χ2n) is 5.55. The zero-order valence-electron chi connectivity index (χ0n) is 14.6. The first-order chi connectivity index (χ1) is 11.5. The molecule has 0 saturated carbocycles. The van der Waals surface area contributed by atoms with E-state index in [9.17, 15) is 4.79 Å². The maximum absolute atomic E-state index is 12.3. The van der Waals surface area contributed by atoms with Gasteiger partial charge in [0.2, 0.25) is 5.91 Å². The van der Waals surface area contributed by atoms with Crippen LogP contribution in [0.3, 0.4) is 0 Å². The minimum Gasteiger partial charge on any atom is -0.493 e. The summed E-state index contributed by atoms with van der Waals surface area (Å²) in [5, 5.41) is 5.27. The third-order valence-corrected chi connectivity index (χ3v) is 4.65. The lowest BCUT2D eigenvalue weighted by Crippen LogP contribution is -2.39. The molecule has 2 rings (SSSR count). The Balaban J connectivity index is 2.08. The molecule has 1 heterocycles.